The molecular formula is C37H69NO8P+. The monoisotopic (exact) mass is 686 g/mol. The minimum Gasteiger partial charge on any atom is -0.462 e. The van der Waals surface area contributed by atoms with Crippen LogP contribution in [0.15, 0.2) is 36.5 Å². The van der Waals surface area contributed by atoms with Crippen LogP contribution in [0.1, 0.15) is 136 Å². The summed E-state index contributed by atoms with van der Waals surface area (Å²) < 4.78 is 33.8. The quantitative estimate of drug-likeness (QED) is 0.0245. The summed E-state index contributed by atoms with van der Waals surface area (Å²) in [6.45, 7) is 4.22. The number of hydrogen-bond acceptors (Lipinski definition) is 7. The highest BCUT2D eigenvalue weighted by Crippen LogP contribution is 2.43. The number of carbonyl (C=O) groups excluding carboxylic acids is 2. The molecule has 0 aromatic rings. The van der Waals surface area contributed by atoms with Crippen molar-refractivity contribution in [2.75, 3.05) is 47.5 Å². The maximum absolute atomic E-state index is 12.5. The Morgan fingerprint density at radius 1 is 0.660 bits per heavy atom. The number of hydrogen-bond donors (Lipinski definition) is 1. The smallest absolute Gasteiger partial charge is 0.462 e. The first-order valence-electron chi connectivity index (χ1n) is 18.2. The zero-order valence-corrected chi connectivity index (χ0v) is 31.4. The third-order valence-corrected chi connectivity index (χ3v) is 8.41. The molecule has 0 fully saturated rings. The molecule has 0 amide bonds. The van der Waals surface area contributed by atoms with Gasteiger partial charge in [-0.25, -0.2) is 4.57 Å². The van der Waals surface area contributed by atoms with Gasteiger partial charge in [0.25, 0.3) is 0 Å². The first-order valence-corrected chi connectivity index (χ1v) is 19.7. The van der Waals surface area contributed by atoms with Crippen LogP contribution >= 0.6 is 7.82 Å². The molecule has 0 bridgehead atoms. The summed E-state index contributed by atoms with van der Waals surface area (Å²) in [5.41, 5.74) is 0. The van der Waals surface area contributed by atoms with E-state index >= 15 is 0 Å². The second kappa shape index (κ2) is 30.3. The Bertz CT molecular complexity index is 913. The molecule has 0 saturated heterocycles. The summed E-state index contributed by atoms with van der Waals surface area (Å²) in [5.74, 6) is -0.837. The van der Waals surface area contributed by atoms with E-state index in [9.17, 15) is 19.0 Å². The Labute approximate surface area is 287 Å². The first kappa shape index (κ1) is 45.2. The Morgan fingerprint density at radius 3 is 1.74 bits per heavy atom. The second-order valence-corrected chi connectivity index (χ2v) is 14.7. The van der Waals surface area contributed by atoms with Gasteiger partial charge in [0.05, 0.1) is 27.7 Å². The molecule has 9 nitrogen and oxygen atoms in total. The second-order valence-electron chi connectivity index (χ2n) is 13.3. The maximum atomic E-state index is 12.5. The van der Waals surface area contributed by atoms with E-state index in [1.807, 2.05) is 21.1 Å². The van der Waals surface area contributed by atoms with E-state index in [1.54, 1.807) is 0 Å². The van der Waals surface area contributed by atoms with Gasteiger partial charge in [0.2, 0.25) is 0 Å². The lowest BCUT2D eigenvalue weighted by atomic mass is 10.1. The van der Waals surface area contributed by atoms with Crippen LogP contribution in [-0.2, 0) is 32.7 Å². The molecule has 0 aliphatic rings. The van der Waals surface area contributed by atoms with E-state index in [-0.39, 0.29) is 26.1 Å². The maximum Gasteiger partial charge on any atom is 0.472 e. The highest BCUT2D eigenvalue weighted by atomic mass is 31.2. The van der Waals surface area contributed by atoms with Gasteiger partial charge in [-0.15, -0.1) is 0 Å². The number of phosphoric ester groups is 1. The van der Waals surface area contributed by atoms with E-state index in [2.05, 4.69) is 50.3 Å². The molecule has 1 N–H and O–H groups in total. The lowest BCUT2D eigenvalue weighted by Gasteiger charge is -2.24. The minimum atomic E-state index is -4.36. The fourth-order valence-electron chi connectivity index (χ4n) is 4.49. The molecular weight excluding hydrogens is 617 g/mol. The van der Waals surface area contributed by atoms with Gasteiger partial charge in [-0.2, -0.15) is 0 Å². The molecule has 0 heterocycles. The zero-order chi connectivity index (χ0) is 35.1. The van der Waals surface area contributed by atoms with Crippen LogP contribution in [0, 0.1) is 0 Å². The van der Waals surface area contributed by atoms with Gasteiger partial charge in [-0.05, 0) is 51.4 Å². The van der Waals surface area contributed by atoms with Crippen LogP contribution < -0.4 is 0 Å². The van der Waals surface area contributed by atoms with Crippen molar-refractivity contribution in [3.05, 3.63) is 36.5 Å². The van der Waals surface area contributed by atoms with Crippen molar-refractivity contribution in [2.24, 2.45) is 0 Å². The molecule has 47 heavy (non-hydrogen) atoms. The van der Waals surface area contributed by atoms with Gasteiger partial charge in [-0.1, -0.05) is 108 Å². The molecule has 0 saturated carbocycles. The lowest BCUT2D eigenvalue weighted by Crippen LogP contribution is -2.37. The Morgan fingerprint density at radius 2 is 1.15 bits per heavy atom. The Kier molecular flexibility index (Phi) is 29.2. The lowest BCUT2D eigenvalue weighted by molar-refractivity contribution is -0.870. The van der Waals surface area contributed by atoms with Crippen molar-refractivity contribution < 1.29 is 42.1 Å². The summed E-state index contributed by atoms with van der Waals surface area (Å²) in [6, 6.07) is 0. The van der Waals surface area contributed by atoms with Gasteiger partial charge in [0, 0.05) is 12.8 Å². The topological polar surface area (TPSA) is 108 Å². The first-order chi connectivity index (χ1) is 22.5. The number of likely N-dealkylation sites (N-methyl/N-ethyl adjacent to an activating group) is 1. The van der Waals surface area contributed by atoms with Crippen molar-refractivity contribution in [1.29, 1.82) is 0 Å². The molecule has 0 aromatic carbocycles. The number of carbonyl (C=O) groups is 2. The van der Waals surface area contributed by atoms with E-state index < -0.39 is 32.5 Å². The summed E-state index contributed by atoms with van der Waals surface area (Å²) in [7, 11) is 1.46. The third kappa shape index (κ3) is 33.9. The number of nitrogens with zero attached hydrogens (tertiary/aromatic N) is 1. The molecule has 274 valence electrons. The third-order valence-electron chi connectivity index (χ3n) is 7.42. The van der Waals surface area contributed by atoms with E-state index in [1.165, 1.54) is 25.7 Å². The van der Waals surface area contributed by atoms with Crippen LogP contribution in [0.25, 0.3) is 0 Å². The van der Waals surface area contributed by atoms with Crippen LogP contribution in [0.3, 0.4) is 0 Å². The van der Waals surface area contributed by atoms with Crippen molar-refractivity contribution in [1.82, 2.24) is 0 Å². The number of phosphoric acid groups is 1. The molecule has 0 rings (SSSR count). The Balaban J connectivity index is 4.29. The van der Waals surface area contributed by atoms with Gasteiger partial charge in [-0.3, -0.25) is 18.6 Å². The number of rotatable bonds is 32. The number of allylic oxidation sites excluding steroid dienone is 6. The molecule has 0 radical (unpaired) electrons. The highest BCUT2D eigenvalue weighted by molar-refractivity contribution is 7.47. The van der Waals surface area contributed by atoms with Gasteiger partial charge < -0.3 is 18.9 Å². The average molecular weight is 687 g/mol. The standard InChI is InChI=1S/C37H68NO8P/c1-6-8-10-12-13-14-15-16-17-18-19-20-21-22-23-24-25-26-28-30-37(40)46-35(33-43-36(39)29-27-11-9-7-2)34-45-47(41,42)44-32-31-38(3,4)5/h13-14,16-17,19-20,35H,6-12,15,18,21-34H2,1-5H3/p+1/b14-13-,17-16-,20-19-. The number of ether oxygens (including phenoxy) is 2. The Hall–Kier alpha value is -1.77. The van der Waals surface area contributed by atoms with Crippen LogP contribution in [0.2, 0.25) is 0 Å². The number of esters is 2. The molecule has 0 aliphatic carbocycles. The summed E-state index contributed by atoms with van der Waals surface area (Å²) in [6.07, 6.45) is 31.0. The van der Waals surface area contributed by atoms with Gasteiger partial charge >= 0.3 is 19.8 Å². The number of quaternary nitrogens is 1. The van der Waals surface area contributed by atoms with Crippen LogP contribution in [-0.4, -0.2) is 74.9 Å². The fourth-order valence-corrected chi connectivity index (χ4v) is 5.23. The molecule has 0 spiro atoms. The predicted octanol–water partition coefficient (Wildman–Crippen LogP) is 9.40. The van der Waals surface area contributed by atoms with E-state index in [4.69, 9.17) is 18.5 Å². The number of unbranched alkanes of at least 4 members (excludes halogenated alkanes) is 12. The fraction of sp³-hybridized carbons (Fsp3) is 0.784. The normalized spacial score (nSPS) is 14.3. The van der Waals surface area contributed by atoms with Gasteiger partial charge in [0.15, 0.2) is 6.10 Å². The average Bonchev–Trinajstić information content (AvgIpc) is 3.01. The van der Waals surface area contributed by atoms with Crippen molar-refractivity contribution in [3.63, 3.8) is 0 Å². The largest absolute Gasteiger partial charge is 0.472 e. The predicted molar refractivity (Wildman–Crippen MR) is 192 cm³/mol. The van der Waals surface area contributed by atoms with Crippen LogP contribution in [0.5, 0.6) is 0 Å². The summed E-state index contributed by atoms with van der Waals surface area (Å²) in [5, 5.41) is 0. The van der Waals surface area contributed by atoms with Gasteiger partial charge in [0.1, 0.15) is 19.8 Å². The molecule has 0 aromatic heterocycles. The molecule has 10 heteroatoms. The molecule has 2 atom stereocenters. The van der Waals surface area contributed by atoms with E-state index in [0.717, 1.165) is 77.0 Å². The van der Waals surface area contributed by atoms with Crippen molar-refractivity contribution >= 4 is 19.8 Å². The molecule has 2 unspecified atom stereocenters. The van der Waals surface area contributed by atoms with Crippen molar-refractivity contribution in [2.45, 2.75) is 142 Å². The van der Waals surface area contributed by atoms with E-state index in [0.29, 0.717) is 17.4 Å². The zero-order valence-electron chi connectivity index (χ0n) is 30.5. The minimum absolute atomic E-state index is 0.0281. The SMILES string of the molecule is CCCCC/C=C\C/C=C\C/C=C\CCCCCCCCC(=O)OC(COC(=O)CCCCCC)COP(=O)(O)OCC[N+](C)(C)C. The van der Waals surface area contributed by atoms with Crippen molar-refractivity contribution in [3.8, 4) is 0 Å². The highest BCUT2D eigenvalue weighted by Gasteiger charge is 2.27. The van der Waals surface area contributed by atoms with Crippen LogP contribution in [0.4, 0.5) is 0 Å². The molecule has 0 aliphatic heterocycles. The summed E-state index contributed by atoms with van der Waals surface area (Å²) in [4.78, 5) is 34.7. The summed E-state index contributed by atoms with van der Waals surface area (Å²) >= 11 is 0.